The summed E-state index contributed by atoms with van der Waals surface area (Å²) < 4.78 is 1.84. The van der Waals surface area contributed by atoms with Crippen LogP contribution in [0.5, 0.6) is 0 Å². The van der Waals surface area contributed by atoms with E-state index in [0.29, 0.717) is 23.5 Å². The number of anilines is 1. The Bertz CT molecular complexity index is 711. The van der Waals surface area contributed by atoms with Gasteiger partial charge >= 0.3 is 0 Å². The molecule has 2 aromatic rings. The molecule has 2 heterocycles. The standard InChI is InChI=1S/C18H32N6O/c1-17(2,3)23(6)10-8-7-9-13-21-15(19)14-16(22-13)24(12-20-14)11-18(4,5)25/h12,25H,7-11H2,1-6H3,(H2,19,21,22). The molecule has 0 amide bonds. The van der Waals surface area contributed by atoms with E-state index in [4.69, 9.17) is 5.73 Å². The number of fused-ring (bicyclic) bond motifs is 1. The fourth-order valence-electron chi connectivity index (χ4n) is 2.62. The summed E-state index contributed by atoms with van der Waals surface area (Å²) in [5.41, 5.74) is 6.68. The van der Waals surface area contributed by atoms with Gasteiger partial charge in [-0.3, -0.25) is 0 Å². The highest BCUT2D eigenvalue weighted by Gasteiger charge is 2.18. The maximum atomic E-state index is 10.1. The van der Waals surface area contributed by atoms with Gasteiger partial charge in [-0.15, -0.1) is 0 Å². The lowest BCUT2D eigenvalue weighted by molar-refractivity contribution is 0.0625. The zero-order valence-corrected chi connectivity index (χ0v) is 16.4. The Morgan fingerprint density at radius 3 is 2.44 bits per heavy atom. The number of nitrogens with zero attached hydrogens (tertiary/aromatic N) is 5. The molecule has 0 aliphatic heterocycles. The zero-order chi connectivity index (χ0) is 18.8. The van der Waals surface area contributed by atoms with Crippen LogP contribution < -0.4 is 5.73 Å². The van der Waals surface area contributed by atoms with Crippen LogP contribution in [0, 0.1) is 0 Å². The molecule has 0 aliphatic carbocycles. The molecule has 0 bridgehead atoms. The number of nitrogens with two attached hydrogens (primary N) is 1. The highest BCUT2D eigenvalue weighted by Crippen LogP contribution is 2.19. The molecule has 25 heavy (non-hydrogen) atoms. The third kappa shape index (κ3) is 5.37. The molecule has 2 aromatic heterocycles. The predicted octanol–water partition coefficient (Wildman–Crippen LogP) is 2.23. The number of rotatable bonds is 7. The highest BCUT2D eigenvalue weighted by atomic mass is 16.3. The van der Waals surface area contributed by atoms with E-state index in [2.05, 4.69) is 47.7 Å². The van der Waals surface area contributed by atoms with E-state index >= 15 is 0 Å². The van der Waals surface area contributed by atoms with Crippen LogP contribution in [0.4, 0.5) is 5.82 Å². The maximum Gasteiger partial charge on any atom is 0.165 e. The molecule has 3 N–H and O–H groups in total. The van der Waals surface area contributed by atoms with Crippen molar-refractivity contribution < 1.29 is 5.11 Å². The minimum atomic E-state index is -0.842. The van der Waals surface area contributed by atoms with Crippen molar-refractivity contribution in [1.29, 1.82) is 0 Å². The van der Waals surface area contributed by atoms with Crippen molar-refractivity contribution in [3.63, 3.8) is 0 Å². The summed E-state index contributed by atoms with van der Waals surface area (Å²) in [6.45, 7) is 11.6. The van der Waals surface area contributed by atoms with Gasteiger partial charge in [-0.25, -0.2) is 15.0 Å². The van der Waals surface area contributed by atoms with Gasteiger partial charge in [-0.1, -0.05) is 0 Å². The van der Waals surface area contributed by atoms with Crippen molar-refractivity contribution in [1.82, 2.24) is 24.4 Å². The zero-order valence-electron chi connectivity index (χ0n) is 16.4. The van der Waals surface area contributed by atoms with Gasteiger partial charge in [0, 0.05) is 12.0 Å². The molecule has 0 saturated carbocycles. The topological polar surface area (TPSA) is 93.1 Å². The molecule has 0 spiro atoms. The van der Waals surface area contributed by atoms with Gasteiger partial charge in [0.25, 0.3) is 0 Å². The van der Waals surface area contributed by atoms with Gasteiger partial charge in [-0.2, -0.15) is 0 Å². The molecule has 0 fully saturated rings. The third-order valence-electron chi connectivity index (χ3n) is 4.38. The fourth-order valence-corrected chi connectivity index (χ4v) is 2.62. The Morgan fingerprint density at radius 2 is 1.84 bits per heavy atom. The van der Waals surface area contributed by atoms with Crippen LogP contribution in [0.2, 0.25) is 0 Å². The van der Waals surface area contributed by atoms with Crippen LogP contribution in [0.1, 0.15) is 53.3 Å². The molecule has 140 valence electrons. The predicted molar refractivity (Wildman–Crippen MR) is 101 cm³/mol. The van der Waals surface area contributed by atoms with Crippen LogP contribution in [0.25, 0.3) is 11.2 Å². The molecule has 0 radical (unpaired) electrons. The number of nitrogen functional groups attached to an aromatic ring is 1. The number of aromatic nitrogens is 4. The SMILES string of the molecule is CN(CCCCc1nc(N)c2ncn(CC(C)(C)O)c2n1)C(C)(C)C. The van der Waals surface area contributed by atoms with Gasteiger partial charge in [0.2, 0.25) is 0 Å². The summed E-state index contributed by atoms with van der Waals surface area (Å²) in [4.78, 5) is 15.7. The molecule has 0 aromatic carbocycles. The molecule has 2 rings (SSSR count). The highest BCUT2D eigenvalue weighted by molar-refractivity contribution is 5.81. The van der Waals surface area contributed by atoms with Crippen molar-refractivity contribution in [2.45, 2.75) is 71.6 Å². The van der Waals surface area contributed by atoms with Crippen molar-refractivity contribution in [2.75, 3.05) is 19.3 Å². The molecule has 7 nitrogen and oxygen atoms in total. The molecule has 0 unspecified atom stereocenters. The van der Waals surface area contributed by atoms with E-state index in [1.54, 1.807) is 20.2 Å². The van der Waals surface area contributed by atoms with Crippen molar-refractivity contribution in [3.8, 4) is 0 Å². The first-order chi connectivity index (χ1) is 11.5. The Labute approximate surface area is 150 Å². The largest absolute Gasteiger partial charge is 0.389 e. The van der Waals surface area contributed by atoms with E-state index in [9.17, 15) is 5.11 Å². The number of imidazole rings is 1. The lowest BCUT2D eigenvalue weighted by Crippen LogP contribution is -2.38. The Kier molecular flexibility index (Phi) is 5.68. The van der Waals surface area contributed by atoms with Crippen LogP contribution in [0.3, 0.4) is 0 Å². The monoisotopic (exact) mass is 348 g/mol. The van der Waals surface area contributed by atoms with Crippen molar-refractivity contribution in [3.05, 3.63) is 12.2 Å². The summed E-state index contributed by atoms with van der Waals surface area (Å²) in [6, 6.07) is 0. The van der Waals surface area contributed by atoms with Gasteiger partial charge < -0.3 is 20.3 Å². The van der Waals surface area contributed by atoms with Gasteiger partial charge in [0.1, 0.15) is 11.3 Å². The summed E-state index contributed by atoms with van der Waals surface area (Å²) >= 11 is 0. The molecule has 0 aliphatic rings. The van der Waals surface area contributed by atoms with Crippen LogP contribution in [-0.2, 0) is 13.0 Å². The first kappa shape index (κ1) is 19.6. The van der Waals surface area contributed by atoms with E-state index in [-0.39, 0.29) is 5.54 Å². The normalized spacial score (nSPS) is 13.1. The molecular formula is C18H32N6O. The minimum absolute atomic E-state index is 0.184. The Hall–Kier alpha value is -1.73. The first-order valence-corrected chi connectivity index (χ1v) is 8.88. The summed E-state index contributed by atoms with van der Waals surface area (Å²) in [5.74, 6) is 1.14. The van der Waals surface area contributed by atoms with Gasteiger partial charge in [-0.05, 0) is 61.1 Å². The second kappa shape index (κ2) is 7.25. The minimum Gasteiger partial charge on any atom is -0.389 e. The quantitative estimate of drug-likeness (QED) is 0.745. The van der Waals surface area contributed by atoms with Crippen LogP contribution in [-0.4, -0.2) is 54.3 Å². The lowest BCUT2D eigenvalue weighted by Gasteiger charge is -2.31. The second-order valence-electron chi connectivity index (χ2n) is 8.43. The molecule has 0 atom stereocenters. The van der Waals surface area contributed by atoms with Crippen LogP contribution >= 0.6 is 0 Å². The maximum absolute atomic E-state index is 10.1. The number of aryl methyl sites for hydroxylation is 1. The smallest absolute Gasteiger partial charge is 0.165 e. The summed E-state index contributed by atoms with van der Waals surface area (Å²) in [7, 11) is 2.15. The number of hydrogen-bond donors (Lipinski definition) is 2. The Morgan fingerprint density at radius 1 is 1.16 bits per heavy atom. The average molecular weight is 348 g/mol. The fraction of sp³-hybridized carbons (Fsp3) is 0.722. The Balaban J connectivity index is 2.05. The third-order valence-corrected chi connectivity index (χ3v) is 4.38. The first-order valence-electron chi connectivity index (χ1n) is 8.88. The summed E-state index contributed by atoms with van der Waals surface area (Å²) in [5, 5.41) is 10.1. The van der Waals surface area contributed by atoms with Crippen molar-refractivity contribution in [2.24, 2.45) is 0 Å². The molecular weight excluding hydrogens is 316 g/mol. The van der Waals surface area contributed by atoms with E-state index in [1.165, 1.54) is 0 Å². The average Bonchev–Trinajstić information content (AvgIpc) is 2.84. The number of aliphatic hydroxyl groups is 1. The molecule has 7 heteroatoms. The molecule has 0 saturated heterocycles. The van der Waals surface area contributed by atoms with E-state index in [0.717, 1.165) is 31.6 Å². The van der Waals surface area contributed by atoms with E-state index in [1.807, 2.05) is 4.57 Å². The van der Waals surface area contributed by atoms with Crippen LogP contribution in [0.15, 0.2) is 6.33 Å². The van der Waals surface area contributed by atoms with Gasteiger partial charge in [0.15, 0.2) is 11.5 Å². The lowest BCUT2D eigenvalue weighted by atomic mass is 10.1. The second-order valence-corrected chi connectivity index (χ2v) is 8.43. The summed E-state index contributed by atoms with van der Waals surface area (Å²) in [6.07, 6.45) is 4.53. The van der Waals surface area contributed by atoms with Crippen molar-refractivity contribution >= 4 is 17.0 Å². The number of unbranched alkanes of at least 4 members (excludes halogenated alkanes) is 1. The van der Waals surface area contributed by atoms with E-state index < -0.39 is 5.60 Å². The number of hydrogen-bond acceptors (Lipinski definition) is 6. The van der Waals surface area contributed by atoms with Gasteiger partial charge in [0.05, 0.1) is 18.5 Å².